The molecule has 136 valence electrons. The third-order valence-corrected chi connectivity index (χ3v) is 6.32. The molecule has 1 aromatic carbocycles. The lowest BCUT2D eigenvalue weighted by atomic mass is 9.99. The topological polar surface area (TPSA) is 92.3 Å². The Bertz CT molecular complexity index is 966. The number of halogens is 1. The van der Waals surface area contributed by atoms with Crippen molar-refractivity contribution in [3.8, 4) is 0 Å². The van der Waals surface area contributed by atoms with E-state index in [9.17, 15) is 17.6 Å². The molecule has 2 unspecified atom stereocenters. The van der Waals surface area contributed by atoms with Crippen molar-refractivity contribution in [1.82, 2.24) is 19.6 Å². The molecule has 2 aliphatic heterocycles. The highest BCUT2D eigenvalue weighted by Gasteiger charge is 2.43. The molecule has 0 radical (unpaired) electrons. The van der Waals surface area contributed by atoms with Crippen LogP contribution in [0.1, 0.15) is 30.1 Å². The first kappa shape index (κ1) is 17.0. The van der Waals surface area contributed by atoms with Gasteiger partial charge < -0.3 is 4.90 Å². The number of hydrogen-bond acceptors (Lipinski definition) is 5. The van der Waals surface area contributed by atoms with E-state index in [1.807, 2.05) is 0 Å². The van der Waals surface area contributed by atoms with E-state index in [-0.39, 0.29) is 29.4 Å². The maximum absolute atomic E-state index is 13.3. The van der Waals surface area contributed by atoms with Gasteiger partial charge in [0.15, 0.2) is 0 Å². The van der Waals surface area contributed by atoms with Crippen molar-refractivity contribution in [2.45, 2.75) is 36.2 Å². The average Bonchev–Trinajstić information content (AvgIpc) is 2.95. The predicted molar refractivity (Wildman–Crippen MR) is 89.9 cm³/mol. The first-order valence-electron chi connectivity index (χ1n) is 8.31. The molecule has 7 nitrogen and oxygen atoms in total. The Morgan fingerprint density at radius 2 is 2.19 bits per heavy atom. The molecule has 1 amide bonds. The molecule has 3 heterocycles. The van der Waals surface area contributed by atoms with Gasteiger partial charge in [0, 0.05) is 24.2 Å². The van der Waals surface area contributed by atoms with E-state index < -0.39 is 15.8 Å². The van der Waals surface area contributed by atoms with Gasteiger partial charge in [0.1, 0.15) is 12.1 Å². The summed E-state index contributed by atoms with van der Waals surface area (Å²) >= 11 is 0. The van der Waals surface area contributed by atoms with Crippen LogP contribution in [0.3, 0.4) is 0 Å². The highest BCUT2D eigenvalue weighted by molar-refractivity contribution is 7.89. The molecule has 2 bridgehead atoms. The van der Waals surface area contributed by atoms with Gasteiger partial charge in [-0.25, -0.2) is 27.5 Å². The van der Waals surface area contributed by atoms with Gasteiger partial charge in [-0.1, -0.05) is 6.07 Å². The van der Waals surface area contributed by atoms with Gasteiger partial charge in [0.05, 0.1) is 23.2 Å². The average molecular weight is 376 g/mol. The molecule has 1 fully saturated rings. The zero-order valence-electron chi connectivity index (χ0n) is 13.8. The number of amides is 1. The molecular weight excluding hydrogens is 359 g/mol. The first-order chi connectivity index (χ1) is 12.5. The minimum Gasteiger partial charge on any atom is -0.331 e. The number of carbonyl (C=O) groups is 1. The zero-order chi connectivity index (χ0) is 18.3. The summed E-state index contributed by atoms with van der Waals surface area (Å²) in [7, 11) is -3.95. The predicted octanol–water partition coefficient (Wildman–Crippen LogP) is 1.18. The Kier molecular flexibility index (Phi) is 4.20. The minimum atomic E-state index is -3.95. The largest absolute Gasteiger partial charge is 0.331 e. The fourth-order valence-corrected chi connectivity index (χ4v) is 4.78. The van der Waals surface area contributed by atoms with Crippen LogP contribution in [-0.4, -0.2) is 41.8 Å². The van der Waals surface area contributed by atoms with Gasteiger partial charge in [-0.05, 0) is 31.0 Å². The normalized spacial score (nSPS) is 21.5. The lowest BCUT2D eigenvalue weighted by Crippen LogP contribution is -2.46. The Labute approximate surface area is 150 Å². The summed E-state index contributed by atoms with van der Waals surface area (Å²) in [5.41, 5.74) is 1.89. The third-order valence-electron chi connectivity index (χ3n) is 4.93. The highest BCUT2D eigenvalue weighted by Crippen LogP contribution is 2.42. The lowest BCUT2D eigenvalue weighted by Gasteiger charge is -2.35. The van der Waals surface area contributed by atoms with Crippen LogP contribution in [0.15, 0.2) is 41.7 Å². The smallest absolute Gasteiger partial charge is 0.241 e. The van der Waals surface area contributed by atoms with E-state index in [0.717, 1.165) is 36.2 Å². The number of fused-ring (bicyclic) bond motifs is 4. The molecule has 2 aliphatic rings. The van der Waals surface area contributed by atoms with Crippen molar-refractivity contribution < 1.29 is 17.6 Å². The molecule has 0 spiro atoms. The number of hydrogen-bond donors (Lipinski definition) is 1. The van der Waals surface area contributed by atoms with Crippen molar-refractivity contribution in [1.29, 1.82) is 0 Å². The summed E-state index contributed by atoms with van der Waals surface area (Å²) < 4.78 is 40.1. The third kappa shape index (κ3) is 2.97. The molecule has 0 aliphatic carbocycles. The molecule has 9 heteroatoms. The zero-order valence-corrected chi connectivity index (χ0v) is 14.6. The fraction of sp³-hybridized carbons (Fsp3) is 0.353. The molecular formula is C17H17FN4O3S. The first-order valence-corrected chi connectivity index (χ1v) is 9.79. The van der Waals surface area contributed by atoms with Crippen LogP contribution in [-0.2, 0) is 21.2 Å². The maximum atomic E-state index is 13.3. The van der Waals surface area contributed by atoms with E-state index in [4.69, 9.17) is 0 Å². The summed E-state index contributed by atoms with van der Waals surface area (Å²) in [6.45, 7) is -0.366. The van der Waals surface area contributed by atoms with Crippen LogP contribution >= 0.6 is 0 Å². The van der Waals surface area contributed by atoms with Crippen LogP contribution < -0.4 is 4.72 Å². The van der Waals surface area contributed by atoms with Crippen molar-refractivity contribution in [2.24, 2.45) is 0 Å². The van der Waals surface area contributed by atoms with E-state index in [0.29, 0.717) is 6.42 Å². The SMILES string of the molecule is O=C(CNS(=O)(=O)c1cccc(F)c1)N1C2CCC1c1cncnc1C2. The van der Waals surface area contributed by atoms with Crippen molar-refractivity contribution in [3.05, 3.63) is 53.9 Å². The van der Waals surface area contributed by atoms with Gasteiger partial charge >= 0.3 is 0 Å². The number of carbonyl (C=O) groups excluding carboxylic acids is 1. The second-order valence-corrected chi connectivity index (χ2v) is 8.23. The van der Waals surface area contributed by atoms with Gasteiger partial charge in [-0.15, -0.1) is 0 Å². The number of rotatable bonds is 4. The lowest BCUT2D eigenvalue weighted by molar-refractivity contribution is -0.133. The number of benzene rings is 1. The van der Waals surface area contributed by atoms with Gasteiger partial charge in [-0.2, -0.15) is 0 Å². The molecule has 2 aromatic rings. The minimum absolute atomic E-state index is 0.0218. The summed E-state index contributed by atoms with van der Waals surface area (Å²) in [5.74, 6) is -0.947. The molecule has 0 saturated carbocycles. The van der Waals surface area contributed by atoms with Crippen LogP contribution in [0.2, 0.25) is 0 Å². The molecule has 4 rings (SSSR count). The van der Waals surface area contributed by atoms with E-state index >= 15 is 0 Å². The summed E-state index contributed by atoms with van der Waals surface area (Å²) in [6, 6.07) is 4.59. The Morgan fingerprint density at radius 1 is 1.35 bits per heavy atom. The molecule has 26 heavy (non-hydrogen) atoms. The van der Waals surface area contributed by atoms with E-state index in [1.54, 1.807) is 11.1 Å². The molecule has 2 atom stereocenters. The van der Waals surface area contributed by atoms with Crippen molar-refractivity contribution in [2.75, 3.05) is 6.54 Å². The fourth-order valence-electron chi connectivity index (χ4n) is 3.77. The summed E-state index contributed by atoms with van der Waals surface area (Å²) in [4.78, 5) is 22.6. The Morgan fingerprint density at radius 3 is 3.00 bits per heavy atom. The summed E-state index contributed by atoms with van der Waals surface area (Å²) in [6.07, 6.45) is 5.54. The summed E-state index contributed by atoms with van der Waals surface area (Å²) in [5, 5.41) is 0. The van der Waals surface area contributed by atoms with Crippen LogP contribution in [0.4, 0.5) is 4.39 Å². The van der Waals surface area contributed by atoms with Crippen LogP contribution in [0.5, 0.6) is 0 Å². The monoisotopic (exact) mass is 376 g/mol. The quantitative estimate of drug-likeness (QED) is 0.865. The number of aromatic nitrogens is 2. The van der Waals surface area contributed by atoms with Gasteiger partial charge in [0.2, 0.25) is 15.9 Å². The Hall–Kier alpha value is -2.39. The van der Waals surface area contributed by atoms with E-state index in [2.05, 4.69) is 14.7 Å². The highest BCUT2D eigenvalue weighted by atomic mass is 32.2. The Balaban J connectivity index is 1.50. The van der Waals surface area contributed by atoms with E-state index in [1.165, 1.54) is 18.5 Å². The number of nitrogens with zero attached hydrogens (tertiary/aromatic N) is 3. The van der Waals surface area contributed by atoms with Gasteiger partial charge in [-0.3, -0.25) is 4.79 Å². The van der Waals surface area contributed by atoms with Crippen molar-refractivity contribution in [3.63, 3.8) is 0 Å². The molecule has 1 N–H and O–H groups in total. The van der Waals surface area contributed by atoms with Gasteiger partial charge in [0.25, 0.3) is 0 Å². The van der Waals surface area contributed by atoms with Crippen LogP contribution in [0.25, 0.3) is 0 Å². The maximum Gasteiger partial charge on any atom is 0.241 e. The second kappa shape index (κ2) is 6.40. The second-order valence-electron chi connectivity index (χ2n) is 6.46. The molecule has 1 aromatic heterocycles. The number of sulfonamides is 1. The molecule has 1 saturated heterocycles. The van der Waals surface area contributed by atoms with Crippen LogP contribution in [0, 0.1) is 5.82 Å². The standard InChI is InChI=1S/C17H17FN4O3S/c18-11-2-1-3-13(6-11)26(24,25)21-9-17(23)22-12-4-5-16(22)14-8-19-10-20-15(14)7-12/h1-3,6,8,10,12,16,21H,4-5,7,9H2. The van der Waals surface area contributed by atoms with Crippen molar-refractivity contribution >= 4 is 15.9 Å². The number of nitrogens with one attached hydrogen (secondary N) is 1.